The van der Waals surface area contributed by atoms with Crippen molar-refractivity contribution in [3.63, 3.8) is 0 Å². The number of nitro benzene ring substituents is 1. The lowest BCUT2D eigenvalue weighted by atomic mass is 10.0. The molecule has 0 radical (unpaired) electrons. The van der Waals surface area contributed by atoms with Gasteiger partial charge in [0.2, 0.25) is 0 Å². The molecule has 426 valence electrons. The molecule has 10 rings (SSSR count). The molecule has 0 atom stereocenters. The van der Waals surface area contributed by atoms with Gasteiger partial charge in [-0.2, -0.15) is 0 Å². The van der Waals surface area contributed by atoms with Gasteiger partial charge in [-0.15, -0.1) is 0 Å². The van der Waals surface area contributed by atoms with Crippen LogP contribution in [0.25, 0.3) is 21.8 Å². The Labute approximate surface area is 465 Å². The molecule has 6 heterocycles. The summed E-state index contributed by atoms with van der Waals surface area (Å²) in [6.45, 7) is 19.8. The number of non-ortho nitro benzene ring substituents is 1. The summed E-state index contributed by atoms with van der Waals surface area (Å²) in [5, 5.41) is 12.8. The number of anilines is 1. The zero-order valence-electron chi connectivity index (χ0n) is 46.7. The first kappa shape index (κ1) is 56.9. The average molecular weight is 1100 g/mol. The van der Waals surface area contributed by atoms with Crippen LogP contribution in [0.1, 0.15) is 78.4 Å². The molecule has 2 amide bonds. The van der Waals surface area contributed by atoms with E-state index < -0.39 is 16.1 Å². The molecule has 4 aliphatic heterocycles. The second-order valence-corrected chi connectivity index (χ2v) is 22.8. The van der Waals surface area contributed by atoms with Crippen molar-refractivity contribution in [3.05, 3.63) is 139 Å². The highest BCUT2D eigenvalue weighted by atomic mass is 16.6. The number of ether oxygens (including phenoxy) is 6. The summed E-state index contributed by atoms with van der Waals surface area (Å²) in [5.41, 5.74) is 8.73. The highest BCUT2D eigenvalue weighted by Gasteiger charge is 2.34. The Morgan fingerprint density at radius 1 is 0.562 bits per heavy atom. The maximum atomic E-state index is 13.3. The Morgan fingerprint density at radius 3 is 1.40 bits per heavy atom. The molecule has 0 aliphatic carbocycles. The van der Waals surface area contributed by atoms with E-state index in [1.807, 2.05) is 117 Å². The molecule has 80 heavy (non-hydrogen) atoms. The Balaban J connectivity index is 0.000000194. The molecule has 0 saturated carbocycles. The smallest absolute Gasteiger partial charge is 0.410 e. The summed E-state index contributed by atoms with van der Waals surface area (Å²) in [6, 6.07) is 28.3. The first-order valence-corrected chi connectivity index (χ1v) is 27.6. The molecular formula is C60H74N8O12. The standard InChI is InChI=1S/C30H36N4O7.C30H38N4O5/c1-30(2,3)41-29(36)33(20-21-4-8-26-27(18-21)40-17-16-39-26)23-10-12-31(13-11-23)14-15-32-25-7-6-24(34(37)38)19-22(25)5-9-28(32)35;1-30(2,3)39-29(36)34(20-21-4-8-26-27(18-21)38-17-16-37-26)24-10-12-32(13-11-24)14-15-33-25-7-6-23(31)19-22(25)5-9-28(33)35/h4-9,18-19,23H,10-17,20H2,1-3H3;4-9,18-19,24H,10-17,20,31H2,1-3H3. The Hall–Kier alpha value is -7.84. The van der Waals surface area contributed by atoms with Gasteiger partial charge < -0.3 is 62.9 Å². The number of rotatable bonds is 13. The van der Waals surface area contributed by atoms with E-state index >= 15 is 0 Å². The monoisotopic (exact) mass is 1100 g/mol. The van der Waals surface area contributed by atoms with Gasteiger partial charge >= 0.3 is 12.2 Å². The number of pyridine rings is 2. The van der Waals surface area contributed by atoms with Crippen LogP contribution in [-0.2, 0) is 35.7 Å². The SMILES string of the molecule is CC(C)(C)OC(=O)N(Cc1ccc2c(c1)OCCO2)C1CCN(CCn2c(=O)ccc3cc(N)ccc32)CC1.CC(C)(C)OC(=O)N(Cc1ccc2c(c1)OCCO2)C1CCN(CCn2c(=O)ccc3cc([N+](=O)[O-])ccc32)CC1. The van der Waals surface area contributed by atoms with Crippen molar-refractivity contribution < 1.29 is 42.9 Å². The normalized spacial score (nSPS) is 16.1. The number of aromatic nitrogens is 2. The second-order valence-electron chi connectivity index (χ2n) is 22.8. The predicted octanol–water partition coefficient (Wildman–Crippen LogP) is 8.84. The topological polar surface area (TPSA) is 216 Å². The number of nitrogen functional groups attached to an aromatic ring is 1. The number of benzene rings is 4. The Morgan fingerprint density at radius 2 is 0.975 bits per heavy atom. The molecule has 2 aromatic heterocycles. The number of carbonyl (C=O) groups excluding carboxylic acids is 2. The van der Waals surface area contributed by atoms with E-state index in [9.17, 15) is 29.3 Å². The fourth-order valence-corrected chi connectivity index (χ4v) is 10.7. The van der Waals surface area contributed by atoms with Crippen molar-refractivity contribution in [3.8, 4) is 23.0 Å². The number of nitrogens with two attached hydrogens (primary N) is 1. The van der Waals surface area contributed by atoms with Gasteiger partial charge in [0, 0.05) is 118 Å². The fraction of sp³-hybridized carbons (Fsp3) is 0.467. The van der Waals surface area contributed by atoms with E-state index in [1.54, 1.807) is 22.8 Å². The number of fused-ring (bicyclic) bond motifs is 4. The van der Waals surface area contributed by atoms with E-state index in [0.717, 1.165) is 86.2 Å². The summed E-state index contributed by atoms with van der Waals surface area (Å²) in [5.74, 6) is 2.84. The van der Waals surface area contributed by atoms with Crippen molar-refractivity contribution in [1.29, 1.82) is 0 Å². The van der Waals surface area contributed by atoms with E-state index in [0.29, 0.717) is 93.0 Å². The molecule has 4 aromatic carbocycles. The van der Waals surface area contributed by atoms with Crippen molar-refractivity contribution in [1.82, 2.24) is 28.7 Å². The highest BCUT2D eigenvalue weighted by Crippen LogP contribution is 2.34. The maximum absolute atomic E-state index is 13.3. The molecular weight excluding hydrogens is 1020 g/mol. The lowest BCUT2D eigenvalue weighted by molar-refractivity contribution is -0.384. The molecule has 0 bridgehead atoms. The average Bonchev–Trinajstić information content (AvgIpc) is 3.42. The molecule has 2 fully saturated rings. The van der Waals surface area contributed by atoms with Gasteiger partial charge in [0.1, 0.15) is 37.6 Å². The number of hydrogen-bond donors (Lipinski definition) is 1. The van der Waals surface area contributed by atoms with Crippen molar-refractivity contribution in [2.45, 2.75) is 117 Å². The summed E-state index contributed by atoms with van der Waals surface area (Å²) >= 11 is 0. The van der Waals surface area contributed by atoms with Gasteiger partial charge in [-0.05, 0) is 139 Å². The van der Waals surface area contributed by atoms with E-state index in [2.05, 4.69) is 9.80 Å². The number of nitrogens with zero attached hydrogens (tertiary/aromatic N) is 7. The van der Waals surface area contributed by atoms with Crippen LogP contribution in [0.4, 0.5) is 21.0 Å². The number of likely N-dealkylation sites (tertiary alicyclic amines) is 2. The maximum Gasteiger partial charge on any atom is 0.410 e. The lowest BCUT2D eigenvalue weighted by Gasteiger charge is -2.39. The van der Waals surface area contributed by atoms with Crippen LogP contribution in [0.3, 0.4) is 0 Å². The first-order chi connectivity index (χ1) is 38.2. The molecule has 20 nitrogen and oxygen atoms in total. The minimum Gasteiger partial charge on any atom is -0.486 e. The number of nitro groups is 1. The van der Waals surface area contributed by atoms with Gasteiger partial charge in [-0.3, -0.25) is 19.7 Å². The highest BCUT2D eigenvalue weighted by molar-refractivity contribution is 5.83. The first-order valence-electron chi connectivity index (χ1n) is 27.6. The molecule has 2 N–H and O–H groups in total. The Bertz CT molecular complexity index is 3310. The quantitative estimate of drug-likeness (QED) is 0.0649. The third-order valence-corrected chi connectivity index (χ3v) is 14.6. The summed E-state index contributed by atoms with van der Waals surface area (Å²) in [6.07, 6.45) is 2.52. The van der Waals surface area contributed by atoms with E-state index in [1.165, 1.54) is 18.2 Å². The largest absolute Gasteiger partial charge is 0.486 e. The van der Waals surface area contributed by atoms with Crippen molar-refractivity contribution >= 4 is 45.4 Å². The molecule has 0 spiro atoms. The molecule has 0 unspecified atom stereocenters. The molecule has 6 aromatic rings. The van der Waals surface area contributed by atoms with Crippen molar-refractivity contribution in [2.24, 2.45) is 0 Å². The van der Waals surface area contributed by atoms with Gasteiger partial charge in [-0.1, -0.05) is 12.1 Å². The second kappa shape index (κ2) is 24.7. The number of piperidine rings is 2. The summed E-state index contributed by atoms with van der Waals surface area (Å²) in [7, 11) is 0. The van der Waals surface area contributed by atoms with Crippen LogP contribution in [0.5, 0.6) is 23.0 Å². The molecule has 4 aliphatic rings. The zero-order chi connectivity index (χ0) is 56.7. The van der Waals surface area contributed by atoms with Gasteiger partial charge in [0.15, 0.2) is 23.0 Å². The summed E-state index contributed by atoms with van der Waals surface area (Å²) in [4.78, 5) is 71.0. The van der Waals surface area contributed by atoms with Gasteiger partial charge in [0.05, 0.1) is 16.0 Å². The van der Waals surface area contributed by atoms with Crippen molar-refractivity contribution in [2.75, 3.05) is 71.4 Å². The van der Waals surface area contributed by atoms with Crippen LogP contribution < -0.4 is 35.8 Å². The third kappa shape index (κ3) is 14.5. The molecule has 2 saturated heterocycles. The van der Waals surface area contributed by atoms with Crippen LogP contribution in [0.2, 0.25) is 0 Å². The molecule has 20 heteroatoms. The lowest BCUT2D eigenvalue weighted by Crippen LogP contribution is -2.49. The number of hydrogen-bond acceptors (Lipinski definition) is 15. The fourth-order valence-electron chi connectivity index (χ4n) is 10.7. The number of amides is 2. The van der Waals surface area contributed by atoms with E-state index in [-0.39, 0.29) is 41.1 Å². The minimum atomic E-state index is -0.616. The zero-order valence-corrected chi connectivity index (χ0v) is 46.7. The van der Waals surface area contributed by atoms with Crippen LogP contribution in [0.15, 0.2) is 107 Å². The minimum absolute atomic E-state index is 0.00411. The van der Waals surface area contributed by atoms with Crippen LogP contribution in [-0.4, -0.2) is 135 Å². The summed E-state index contributed by atoms with van der Waals surface area (Å²) < 4.78 is 37.9. The third-order valence-electron chi connectivity index (χ3n) is 14.6. The van der Waals surface area contributed by atoms with Crippen LogP contribution >= 0.6 is 0 Å². The van der Waals surface area contributed by atoms with Crippen LogP contribution in [0, 0.1) is 10.1 Å². The van der Waals surface area contributed by atoms with Gasteiger partial charge in [0.25, 0.3) is 16.8 Å². The van der Waals surface area contributed by atoms with E-state index in [4.69, 9.17) is 34.2 Å². The predicted molar refractivity (Wildman–Crippen MR) is 305 cm³/mol. The Kier molecular flexibility index (Phi) is 17.5. The number of carbonyl (C=O) groups is 2. The van der Waals surface area contributed by atoms with Gasteiger partial charge in [-0.25, -0.2) is 9.59 Å².